The van der Waals surface area contributed by atoms with Crippen molar-refractivity contribution < 1.29 is 9.53 Å². The van der Waals surface area contributed by atoms with Crippen LogP contribution in [0.1, 0.15) is 15.9 Å². The van der Waals surface area contributed by atoms with Crippen molar-refractivity contribution in [2.45, 2.75) is 6.42 Å². The Morgan fingerprint density at radius 3 is 2.77 bits per heavy atom. The fraction of sp³-hybridized carbons (Fsp3) is 0.158. The molecule has 0 saturated heterocycles. The first-order chi connectivity index (χ1) is 12.6. The molecular weight excluding hydrogens is 352 g/mol. The van der Waals surface area contributed by atoms with Crippen molar-refractivity contribution >= 4 is 34.1 Å². The molecule has 0 atom stereocenters. The summed E-state index contributed by atoms with van der Waals surface area (Å²) >= 11 is 5.80. The quantitative estimate of drug-likeness (QED) is 0.397. The van der Waals surface area contributed by atoms with Crippen molar-refractivity contribution in [3.05, 3.63) is 71.0 Å². The number of carbonyl (C=O) groups excluding carboxylic acids is 1. The molecule has 7 heteroatoms. The summed E-state index contributed by atoms with van der Waals surface area (Å²) in [6.45, 7) is 0.462. The van der Waals surface area contributed by atoms with Crippen molar-refractivity contribution in [1.82, 2.24) is 15.5 Å². The number of carbonyl (C=O) groups is 1. The maximum atomic E-state index is 12.0. The average Bonchev–Trinajstić information content (AvgIpc) is 2.65. The van der Waals surface area contributed by atoms with E-state index in [1.165, 1.54) is 23.0 Å². The van der Waals surface area contributed by atoms with Gasteiger partial charge < -0.3 is 10.1 Å². The van der Waals surface area contributed by atoms with E-state index in [1.807, 2.05) is 12.1 Å². The number of aromatic nitrogens is 2. The molecule has 1 amide bonds. The molecule has 132 valence electrons. The number of halogens is 1. The third-order valence-electron chi connectivity index (χ3n) is 3.78. The SMILES string of the molecule is N=C(COCCc1ccc2ccccc2c1)NC(=O)c1ccnnc1Cl. The van der Waals surface area contributed by atoms with E-state index in [0.717, 1.165) is 12.0 Å². The minimum absolute atomic E-state index is 0.00461. The van der Waals surface area contributed by atoms with Gasteiger partial charge in [-0.1, -0.05) is 54.1 Å². The molecule has 0 saturated carbocycles. The number of amidine groups is 1. The fourth-order valence-corrected chi connectivity index (χ4v) is 2.68. The molecular formula is C19H17ClN4O2. The van der Waals surface area contributed by atoms with E-state index in [2.05, 4.69) is 45.8 Å². The third kappa shape index (κ3) is 4.62. The lowest BCUT2D eigenvalue weighted by atomic mass is 10.1. The minimum Gasteiger partial charge on any atom is -0.373 e. The van der Waals surface area contributed by atoms with Crippen LogP contribution in [0.4, 0.5) is 0 Å². The zero-order valence-corrected chi connectivity index (χ0v) is 14.7. The Labute approximate surface area is 155 Å². The standard InChI is InChI=1S/C19H17ClN4O2/c20-18-16(7-9-22-24-18)19(25)23-17(21)12-26-10-8-13-5-6-14-3-1-2-4-15(14)11-13/h1-7,9,11H,8,10,12H2,(H2,21,23,25). The summed E-state index contributed by atoms with van der Waals surface area (Å²) in [6.07, 6.45) is 2.09. The van der Waals surface area contributed by atoms with Gasteiger partial charge in [0.05, 0.1) is 18.4 Å². The van der Waals surface area contributed by atoms with Crippen molar-refractivity contribution in [3.8, 4) is 0 Å². The summed E-state index contributed by atoms with van der Waals surface area (Å²) in [4.78, 5) is 12.0. The lowest BCUT2D eigenvalue weighted by molar-refractivity contribution is 0.0970. The first kappa shape index (κ1) is 18.0. The van der Waals surface area contributed by atoms with Crippen LogP contribution in [0.15, 0.2) is 54.7 Å². The molecule has 0 radical (unpaired) electrons. The molecule has 1 heterocycles. The second-order valence-corrected chi connectivity index (χ2v) is 6.01. The molecule has 0 aliphatic rings. The van der Waals surface area contributed by atoms with Crippen molar-refractivity contribution in [2.75, 3.05) is 13.2 Å². The van der Waals surface area contributed by atoms with Gasteiger partial charge in [-0.25, -0.2) is 0 Å². The van der Waals surface area contributed by atoms with Gasteiger partial charge >= 0.3 is 0 Å². The van der Waals surface area contributed by atoms with Crippen LogP contribution in [0.2, 0.25) is 5.15 Å². The van der Waals surface area contributed by atoms with Crippen LogP contribution in [0.5, 0.6) is 0 Å². The van der Waals surface area contributed by atoms with Crippen LogP contribution in [0.25, 0.3) is 10.8 Å². The Bertz CT molecular complexity index is 945. The number of ether oxygens (including phenoxy) is 1. The Morgan fingerprint density at radius 2 is 1.96 bits per heavy atom. The Kier molecular flexibility index (Phi) is 5.88. The largest absolute Gasteiger partial charge is 0.373 e. The molecule has 0 aliphatic heterocycles. The molecule has 0 aliphatic carbocycles. The van der Waals surface area contributed by atoms with E-state index in [9.17, 15) is 4.79 Å². The highest BCUT2D eigenvalue weighted by Gasteiger charge is 2.12. The summed E-state index contributed by atoms with van der Waals surface area (Å²) < 4.78 is 5.48. The minimum atomic E-state index is -0.506. The van der Waals surface area contributed by atoms with Gasteiger partial charge in [-0.2, -0.15) is 5.10 Å². The Hall–Kier alpha value is -2.83. The maximum absolute atomic E-state index is 12.0. The summed E-state index contributed by atoms with van der Waals surface area (Å²) in [5, 5.41) is 19.8. The van der Waals surface area contributed by atoms with Crippen LogP contribution < -0.4 is 5.32 Å². The van der Waals surface area contributed by atoms with Crippen LogP contribution >= 0.6 is 11.6 Å². The fourth-order valence-electron chi connectivity index (χ4n) is 2.48. The third-order valence-corrected chi connectivity index (χ3v) is 4.06. The van der Waals surface area contributed by atoms with E-state index in [1.54, 1.807) is 0 Å². The van der Waals surface area contributed by atoms with Crippen molar-refractivity contribution in [3.63, 3.8) is 0 Å². The molecule has 26 heavy (non-hydrogen) atoms. The number of benzene rings is 2. The van der Waals surface area contributed by atoms with Crippen LogP contribution in [0, 0.1) is 5.41 Å². The van der Waals surface area contributed by atoms with Gasteiger partial charge in [-0.15, -0.1) is 5.10 Å². The average molecular weight is 369 g/mol. The number of amides is 1. The van der Waals surface area contributed by atoms with E-state index < -0.39 is 5.91 Å². The first-order valence-corrected chi connectivity index (χ1v) is 8.42. The molecule has 2 aromatic carbocycles. The zero-order valence-electron chi connectivity index (χ0n) is 13.9. The Balaban J connectivity index is 1.44. The molecule has 0 fully saturated rings. The van der Waals surface area contributed by atoms with Crippen molar-refractivity contribution in [2.24, 2.45) is 0 Å². The summed E-state index contributed by atoms with van der Waals surface area (Å²) in [5.74, 6) is -0.547. The van der Waals surface area contributed by atoms with Crippen molar-refractivity contribution in [1.29, 1.82) is 5.41 Å². The monoisotopic (exact) mass is 368 g/mol. The normalized spacial score (nSPS) is 10.7. The number of hydrogen-bond acceptors (Lipinski definition) is 5. The second-order valence-electron chi connectivity index (χ2n) is 5.65. The highest BCUT2D eigenvalue weighted by atomic mass is 35.5. The summed E-state index contributed by atoms with van der Waals surface area (Å²) in [7, 11) is 0. The lowest BCUT2D eigenvalue weighted by Crippen LogP contribution is -2.33. The molecule has 3 rings (SSSR count). The molecule has 2 N–H and O–H groups in total. The number of nitrogens with one attached hydrogen (secondary N) is 2. The van der Waals surface area contributed by atoms with Gasteiger partial charge in [0.1, 0.15) is 12.4 Å². The molecule has 1 aromatic heterocycles. The lowest BCUT2D eigenvalue weighted by Gasteiger charge is -2.09. The highest BCUT2D eigenvalue weighted by molar-refractivity contribution is 6.32. The topological polar surface area (TPSA) is 88.0 Å². The van der Waals surface area contributed by atoms with Crippen LogP contribution in [-0.4, -0.2) is 35.2 Å². The number of nitrogens with zero attached hydrogens (tertiary/aromatic N) is 2. The smallest absolute Gasteiger partial charge is 0.259 e. The van der Waals surface area contributed by atoms with Gasteiger partial charge in [-0.3, -0.25) is 10.2 Å². The Morgan fingerprint density at radius 1 is 1.15 bits per heavy atom. The predicted octanol–water partition coefficient (Wildman–Crippen LogP) is 3.25. The van der Waals surface area contributed by atoms with E-state index in [-0.39, 0.29) is 23.2 Å². The number of hydrogen-bond donors (Lipinski definition) is 2. The molecule has 6 nitrogen and oxygen atoms in total. The summed E-state index contributed by atoms with van der Waals surface area (Å²) in [6, 6.07) is 15.9. The van der Waals surface area contributed by atoms with Crippen LogP contribution in [-0.2, 0) is 11.2 Å². The van der Waals surface area contributed by atoms with Gasteiger partial charge in [0, 0.05) is 0 Å². The van der Waals surface area contributed by atoms with E-state index in [0.29, 0.717) is 6.61 Å². The number of fused-ring (bicyclic) bond motifs is 1. The van der Waals surface area contributed by atoms with Crippen LogP contribution in [0.3, 0.4) is 0 Å². The molecule has 0 spiro atoms. The van der Waals surface area contributed by atoms with E-state index in [4.69, 9.17) is 21.7 Å². The molecule has 3 aromatic rings. The van der Waals surface area contributed by atoms with Gasteiger partial charge in [0.25, 0.3) is 5.91 Å². The zero-order chi connectivity index (χ0) is 18.4. The second kappa shape index (κ2) is 8.51. The molecule has 0 unspecified atom stereocenters. The summed E-state index contributed by atoms with van der Waals surface area (Å²) in [5.41, 5.74) is 1.33. The number of rotatable bonds is 6. The van der Waals surface area contributed by atoms with E-state index >= 15 is 0 Å². The predicted molar refractivity (Wildman–Crippen MR) is 101 cm³/mol. The van der Waals surface area contributed by atoms with Gasteiger partial charge in [-0.05, 0) is 28.8 Å². The highest BCUT2D eigenvalue weighted by Crippen LogP contribution is 2.16. The maximum Gasteiger partial charge on any atom is 0.259 e. The van der Waals surface area contributed by atoms with Gasteiger partial charge in [0.15, 0.2) is 5.15 Å². The van der Waals surface area contributed by atoms with Gasteiger partial charge in [0.2, 0.25) is 0 Å². The molecule has 0 bridgehead atoms. The first-order valence-electron chi connectivity index (χ1n) is 8.05.